The molecule has 1 saturated heterocycles. The third-order valence-corrected chi connectivity index (χ3v) is 6.11. The fourth-order valence-corrected chi connectivity index (χ4v) is 4.36. The molecule has 0 saturated carbocycles. The highest BCUT2D eigenvalue weighted by atomic mass is 35.5. The second kappa shape index (κ2) is 10.8. The minimum atomic E-state index is -0.335. The molecule has 2 amide bonds. The van der Waals surface area contributed by atoms with Gasteiger partial charge in [-0.2, -0.15) is 0 Å². The summed E-state index contributed by atoms with van der Waals surface area (Å²) in [6.45, 7) is 6.65. The quantitative estimate of drug-likeness (QED) is 0.505. The number of hydrogen-bond acceptors (Lipinski definition) is 3. The Labute approximate surface area is 195 Å². The van der Waals surface area contributed by atoms with E-state index in [1.807, 2.05) is 36.1 Å². The Kier molecular flexibility index (Phi) is 8.08. The van der Waals surface area contributed by atoms with Gasteiger partial charge >= 0.3 is 0 Å². The van der Waals surface area contributed by atoms with Gasteiger partial charge < -0.3 is 10.2 Å². The Morgan fingerprint density at radius 3 is 2.31 bits per heavy atom. The van der Waals surface area contributed by atoms with Crippen LogP contribution in [0.3, 0.4) is 0 Å². The molecule has 0 radical (unpaired) electrons. The maximum atomic E-state index is 13.3. The lowest BCUT2D eigenvalue weighted by Crippen LogP contribution is -2.45. The molecule has 0 aromatic heterocycles. The minimum absolute atomic E-state index is 0.00475. The number of benzene rings is 2. The van der Waals surface area contributed by atoms with E-state index in [9.17, 15) is 14.4 Å². The van der Waals surface area contributed by atoms with Crippen molar-refractivity contribution in [1.82, 2.24) is 4.90 Å². The highest BCUT2D eigenvalue weighted by Gasteiger charge is 2.37. The van der Waals surface area contributed by atoms with Gasteiger partial charge in [-0.1, -0.05) is 44.5 Å². The molecule has 0 bridgehead atoms. The third-order valence-electron chi connectivity index (χ3n) is 5.86. The predicted octanol–water partition coefficient (Wildman–Crippen LogP) is 5.90. The van der Waals surface area contributed by atoms with Crippen molar-refractivity contribution in [3.63, 3.8) is 0 Å². The first-order chi connectivity index (χ1) is 15.3. The molecule has 1 heterocycles. The molecule has 1 aliphatic heterocycles. The number of hydrogen-bond donors (Lipinski definition) is 1. The van der Waals surface area contributed by atoms with E-state index in [0.29, 0.717) is 41.6 Å². The number of amides is 2. The number of likely N-dealkylation sites (tertiary alicyclic amines) is 1. The first-order valence-corrected chi connectivity index (χ1v) is 11.6. The molecule has 0 spiro atoms. The van der Waals surface area contributed by atoms with Crippen molar-refractivity contribution >= 4 is 34.9 Å². The number of carbonyl (C=O) groups is 3. The molecule has 2 unspecified atom stereocenters. The van der Waals surface area contributed by atoms with Crippen molar-refractivity contribution < 1.29 is 14.4 Å². The Balaban J connectivity index is 1.66. The molecule has 2 aromatic rings. The van der Waals surface area contributed by atoms with E-state index >= 15 is 0 Å². The molecule has 5 nitrogen and oxygen atoms in total. The van der Waals surface area contributed by atoms with Crippen molar-refractivity contribution in [1.29, 1.82) is 0 Å². The number of anilines is 1. The van der Waals surface area contributed by atoms with Crippen LogP contribution in [0.5, 0.6) is 0 Å². The second-order valence-corrected chi connectivity index (χ2v) is 9.27. The summed E-state index contributed by atoms with van der Waals surface area (Å²) < 4.78 is 0. The standard InChI is InChI=1S/C26H31ClN2O3/c1-4-24(30)19-7-12-22(13-8-19)28-25(31)15-20-9-14-23(18-5-10-21(27)11-6-18)29(26(20)32)16-17(2)3/h5-8,10-13,17,20,23H,4,9,14-16H2,1-3H3,(H,28,31). The fourth-order valence-electron chi connectivity index (χ4n) is 4.24. The van der Waals surface area contributed by atoms with Crippen molar-refractivity contribution in [3.05, 3.63) is 64.7 Å². The summed E-state index contributed by atoms with van der Waals surface area (Å²) in [5.41, 5.74) is 2.34. The SMILES string of the molecule is CCC(=O)c1ccc(NC(=O)CC2CCC(c3ccc(Cl)cc3)N(CC(C)C)C2=O)cc1. The van der Waals surface area contributed by atoms with Gasteiger partial charge in [0.2, 0.25) is 11.8 Å². The van der Waals surface area contributed by atoms with Crippen LogP contribution in [0, 0.1) is 11.8 Å². The third kappa shape index (κ3) is 5.98. The molecule has 6 heteroatoms. The van der Waals surface area contributed by atoms with Crippen LogP contribution in [-0.4, -0.2) is 29.0 Å². The van der Waals surface area contributed by atoms with Crippen molar-refractivity contribution in [2.45, 2.75) is 52.5 Å². The number of halogens is 1. The summed E-state index contributed by atoms with van der Waals surface area (Å²) in [4.78, 5) is 39.7. The van der Waals surface area contributed by atoms with Crippen LogP contribution >= 0.6 is 11.6 Å². The van der Waals surface area contributed by atoms with Gasteiger partial charge in [0.1, 0.15) is 0 Å². The van der Waals surface area contributed by atoms with E-state index in [0.717, 1.165) is 12.0 Å². The first-order valence-electron chi connectivity index (χ1n) is 11.3. The number of Topliss-reactive ketones (excluding diaryl/α,β-unsaturated/α-hetero) is 1. The maximum absolute atomic E-state index is 13.3. The zero-order chi connectivity index (χ0) is 23.3. The van der Waals surface area contributed by atoms with E-state index in [4.69, 9.17) is 11.6 Å². The molecular formula is C26H31ClN2O3. The van der Waals surface area contributed by atoms with Crippen LogP contribution in [0.4, 0.5) is 5.69 Å². The number of ketones is 1. The monoisotopic (exact) mass is 454 g/mol. The van der Waals surface area contributed by atoms with E-state index < -0.39 is 0 Å². The lowest BCUT2D eigenvalue weighted by Gasteiger charge is -2.40. The highest BCUT2D eigenvalue weighted by Crippen LogP contribution is 2.36. The van der Waals surface area contributed by atoms with Crippen LogP contribution in [-0.2, 0) is 9.59 Å². The van der Waals surface area contributed by atoms with Crippen LogP contribution in [0.15, 0.2) is 48.5 Å². The number of rotatable bonds is 8. The van der Waals surface area contributed by atoms with E-state index in [1.165, 1.54) is 0 Å². The van der Waals surface area contributed by atoms with Gasteiger partial charge in [-0.25, -0.2) is 0 Å². The van der Waals surface area contributed by atoms with Gasteiger partial charge in [0.05, 0.1) is 6.04 Å². The Morgan fingerprint density at radius 2 is 1.72 bits per heavy atom. The fraction of sp³-hybridized carbons (Fsp3) is 0.423. The molecule has 1 aliphatic rings. The molecule has 3 rings (SSSR count). The molecule has 32 heavy (non-hydrogen) atoms. The zero-order valence-electron chi connectivity index (χ0n) is 18.9. The molecular weight excluding hydrogens is 424 g/mol. The Bertz CT molecular complexity index is 954. The lowest BCUT2D eigenvalue weighted by atomic mass is 9.85. The number of nitrogens with one attached hydrogen (secondary N) is 1. The van der Waals surface area contributed by atoms with Crippen LogP contribution in [0.1, 0.15) is 68.4 Å². The molecule has 1 N–H and O–H groups in total. The van der Waals surface area contributed by atoms with Crippen molar-refractivity contribution in [3.8, 4) is 0 Å². The zero-order valence-corrected chi connectivity index (χ0v) is 19.7. The number of carbonyl (C=O) groups excluding carboxylic acids is 3. The highest BCUT2D eigenvalue weighted by molar-refractivity contribution is 6.30. The first kappa shape index (κ1) is 24.0. The van der Waals surface area contributed by atoms with Gasteiger partial charge in [-0.15, -0.1) is 0 Å². The van der Waals surface area contributed by atoms with E-state index in [-0.39, 0.29) is 36.0 Å². The number of piperidine rings is 1. The lowest BCUT2D eigenvalue weighted by molar-refractivity contribution is -0.144. The van der Waals surface area contributed by atoms with Gasteiger partial charge in [-0.3, -0.25) is 14.4 Å². The second-order valence-electron chi connectivity index (χ2n) is 8.83. The van der Waals surface area contributed by atoms with Gasteiger partial charge in [0.25, 0.3) is 0 Å². The number of nitrogens with zero attached hydrogens (tertiary/aromatic N) is 1. The molecule has 0 aliphatic carbocycles. The maximum Gasteiger partial charge on any atom is 0.226 e. The van der Waals surface area contributed by atoms with Gasteiger partial charge in [-0.05, 0) is 60.7 Å². The summed E-state index contributed by atoms with van der Waals surface area (Å²) in [5.74, 6) is -0.101. The topological polar surface area (TPSA) is 66.5 Å². The summed E-state index contributed by atoms with van der Waals surface area (Å²) in [5, 5.41) is 3.54. The van der Waals surface area contributed by atoms with Crippen molar-refractivity contribution in [2.24, 2.45) is 11.8 Å². The summed E-state index contributed by atoms with van der Waals surface area (Å²) in [6.07, 6.45) is 2.07. The van der Waals surface area contributed by atoms with E-state index in [2.05, 4.69) is 19.2 Å². The molecule has 2 aromatic carbocycles. The molecule has 1 fully saturated rings. The summed E-state index contributed by atoms with van der Waals surface area (Å²) in [7, 11) is 0. The van der Waals surface area contributed by atoms with Crippen molar-refractivity contribution in [2.75, 3.05) is 11.9 Å². The van der Waals surface area contributed by atoms with Crippen LogP contribution in [0.2, 0.25) is 5.02 Å². The largest absolute Gasteiger partial charge is 0.335 e. The van der Waals surface area contributed by atoms with E-state index in [1.54, 1.807) is 24.3 Å². The van der Waals surface area contributed by atoms with Crippen LogP contribution < -0.4 is 5.32 Å². The van der Waals surface area contributed by atoms with Crippen LogP contribution in [0.25, 0.3) is 0 Å². The predicted molar refractivity (Wildman–Crippen MR) is 128 cm³/mol. The minimum Gasteiger partial charge on any atom is -0.335 e. The summed E-state index contributed by atoms with van der Waals surface area (Å²) >= 11 is 6.04. The Morgan fingerprint density at radius 1 is 1.06 bits per heavy atom. The molecule has 170 valence electrons. The molecule has 2 atom stereocenters. The average molecular weight is 455 g/mol. The average Bonchev–Trinajstić information content (AvgIpc) is 2.77. The smallest absolute Gasteiger partial charge is 0.226 e. The van der Waals surface area contributed by atoms with Gasteiger partial charge in [0, 0.05) is 41.6 Å². The summed E-state index contributed by atoms with van der Waals surface area (Å²) in [6, 6.07) is 14.6. The Hall–Kier alpha value is -2.66. The normalized spacial score (nSPS) is 18.7. The van der Waals surface area contributed by atoms with Gasteiger partial charge in [0.15, 0.2) is 5.78 Å².